The molecule has 0 heterocycles. The summed E-state index contributed by atoms with van der Waals surface area (Å²) in [4.78, 5) is 21.7. The number of carboxylic acids is 1. The number of carbonyl (C=O) groups excluding carboxylic acids is 1. The molecule has 5 nitrogen and oxygen atoms in total. The number of amides is 1. The topological polar surface area (TPSA) is 78.4 Å². The highest BCUT2D eigenvalue weighted by atomic mass is 16.4. The van der Waals surface area contributed by atoms with E-state index in [1.165, 1.54) is 0 Å². The fourth-order valence-electron chi connectivity index (χ4n) is 1.30. The lowest BCUT2D eigenvalue weighted by atomic mass is 10.2. The molecule has 0 fully saturated rings. The summed E-state index contributed by atoms with van der Waals surface area (Å²) in [6.07, 6.45) is 1.17. The largest absolute Gasteiger partial charge is 0.481 e. The van der Waals surface area contributed by atoms with Gasteiger partial charge in [0.1, 0.15) is 0 Å². The van der Waals surface area contributed by atoms with Crippen LogP contribution in [0.15, 0.2) is 0 Å². The van der Waals surface area contributed by atoms with Crippen LogP contribution in [0.25, 0.3) is 0 Å². The van der Waals surface area contributed by atoms with Crippen LogP contribution in [0.5, 0.6) is 0 Å². The molecule has 1 unspecified atom stereocenters. The fourth-order valence-corrected chi connectivity index (χ4v) is 1.30. The van der Waals surface area contributed by atoms with Crippen molar-refractivity contribution in [3.05, 3.63) is 0 Å². The van der Waals surface area contributed by atoms with E-state index in [2.05, 4.69) is 24.5 Å². The number of carboxylic acid groups (broad SMARTS) is 1. The third kappa shape index (κ3) is 9.45. The van der Waals surface area contributed by atoms with Crippen molar-refractivity contribution in [3.63, 3.8) is 0 Å². The van der Waals surface area contributed by atoms with Crippen molar-refractivity contribution in [3.8, 4) is 0 Å². The molecule has 0 radical (unpaired) electrons. The van der Waals surface area contributed by atoms with Crippen LogP contribution in [-0.2, 0) is 9.59 Å². The van der Waals surface area contributed by atoms with Gasteiger partial charge in [-0.25, -0.2) is 0 Å². The molecule has 1 atom stereocenters. The van der Waals surface area contributed by atoms with E-state index in [9.17, 15) is 9.59 Å². The van der Waals surface area contributed by atoms with Gasteiger partial charge >= 0.3 is 5.97 Å². The average molecular weight is 230 g/mol. The molecule has 1 amide bonds. The summed E-state index contributed by atoms with van der Waals surface area (Å²) in [7, 11) is 0. The van der Waals surface area contributed by atoms with E-state index < -0.39 is 5.97 Å². The second-order valence-corrected chi connectivity index (χ2v) is 4.28. The van der Waals surface area contributed by atoms with Crippen molar-refractivity contribution in [2.45, 2.75) is 52.1 Å². The fraction of sp³-hybridized carbons (Fsp3) is 0.818. The average Bonchev–Trinajstić information content (AvgIpc) is 2.10. The van der Waals surface area contributed by atoms with Gasteiger partial charge in [0, 0.05) is 18.5 Å². The number of rotatable bonds is 8. The second-order valence-electron chi connectivity index (χ2n) is 4.28. The zero-order valence-electron chi connectivity index (χ0n) is 10.2. The second kappa shape index (κ2) is 8.10. The van der Waals surface area contributed by atoms with Gasteiger partial charge in [0.2, 0.25) is 5.91 Å². The van der Waals surface area contributed by atoms with Crippen molar-refractivity contribution in [1.29, 1.82) is 0 Å². The van der Waals surface area contributed by atoms with Gasteiger partial charge in [-0.05, 0) is 19.9 Å². The van der Waals surface area contributed by atoms with Gasteiger partial charge in [-0.3, -0.25) is 9.59 Å². The molecule has 0 spiro atoms. The van der Waals surface area contributed by atoms with Crippen LogP contribution < -0.4 is 10.6 Å². The van der Waals surface area contributed by atoms with Crippen molar-refractivity contribution in [2.24, 2.45) is 0 Å². The third-order valence-electron chi connectivity index (χ3n) is 2.02. The molecule has 0 aliphatic rings. The van der Waals surface area contributed by atoms with E-state index in [0.29, 0.717) is 12.5 Å². The Morgan fingerprint density at radius 3 is 2.38 bits per heavy atom. The smallest absolute Gasteiger partial charge is 0.305 e. The maximum atomic E-state index is 11.3. The molecule has 5 heteroatoms. The first-order valence-corrected chi connectivity index (χ1v) is 5.66. The number of hydrogen-bond acceptors (Lipinski definition) is 3. The van der Waals surface area contributed by atoms with Gasteiger partial charge in [-0.1, -0.05) is 13.8 Å². The normalized spacial score (nSPS) is 12.5. The molecule has 0 aromatic heterocycles. The maximum Gasteiger partial charge on any atom is 0.305 e. The summed E-state index contributed by atoms with van der Waals surface area (Å²) >= 11 is 0. The molecule has 0 saturated carbocycles. The van der Waals surface area contributed by atoms with Crippen LogP contribution in [0.2, 0.25) is 0 Å². The van der Waals surface area contributed by atoms with Crippen molar-refractivity contribution >= 4 is 11.9 Å². The SMILES string of the molecule is CC(C)NCCCC(=O)NC(C)CC(=O)O. The molecule has 0 aliphatic heterocycles. The molecule has 3 N–H and O–H groups in total. The molecule has 0 rings (SSSR count). The number of hydrogen-bond donors (Lipinski definition) is 3. The summed E-state index contributed by atoms with van der Waals surface area (Å²) in [6, 6.07) is 0.122. The Kier molecular flexibility index (Phi) is 7.54. The first-order valence-electron chi connectivity index (χ1n) is 5.66. The lowest BCUT2D eigenvalue weighted by Gasteiger charge is -2.12. The zero-order valence-corrected chi connectivity index (χ0v) is 10.2. The summed E-state index contributed by atoms with van der Waals surface area (Å²) < 4.78 is 0. The highest BCUT2D eigenvalue weighted by Gasteiger charge is 2.10. The summed E-state index contributed by atoms with van der Waals surface area (Å²) in [5, 5.41) is 14.4. The van der Waals surface area contributed by atoms with Crippen LogP contribution in [0.4, 0.5) is 0 Å². The van der Waals surface area contributed by atoms with E-state index in [1.807, 2.05) is 0 Å². The lowest BCUT2D eigenvalue weighted by molar-refractivity contribution is -0.137. The van der Waals surface area contributed by atoms with E-state index in [0.717, 1.165) is 13.0 Å². The van der Waals surface area contributed by atoms with Crippen molar-refractivity contribution in [1.82, 2.24) is 10.6 Å². The van der Waals surface area contributed by atoms with Crippen molar-refractivity contribution in [2.75, 3.05) is 6.54 Å². The highest BCUT2D eigenvalue weighted by Crippen LogP contribution is 1.94. The highest BCUT2D eigenvalue weighted by molar-refractivity contribution is 5.77. The molecule has 0 aromatic carbocycles. The van der Waals surface area contributed by atoms with Gasteiger partial charge in [-0.15, -0.1) is 0 Å². The zero-order chi connectivity index (χ0) is 12.6. The Morgan fingerprint density at radius 2 is 1.88 bits per heavy atom. The Bertz CT molecular complexity index is 229. The van der Waals surface area contributed by atoms with Crippen LogP contribution in [0.1, 0.15) is 40.0 Å². The quantitative estimate of drug-likeness (QED) is 0.537. The predicted octanol–water partition coefficient (Wildman–Crippen LogP) is 0.744. The Morgan fingerprint density at radius 1 is 1.25 bits per heavy atom. The van der Waals surface area contributed by atoms with Crippen molar-refractivity contribution < 1.29 is 14.7 Å². The predicted molar refractivity (Wildman–Crippen MR) is 62.2 cm³/mol. The standard InChI is InChI=1S/C11H22N2O3/c1-8(2)12-6-4-5-10(14)13-9(3)7-11(15)16/h8-9,12H,4-7H2,1-3H3,(H,13,14)(H,15,16). The summed E-state index contributed by atoms with van der Waals surface area (Å²) in [5.41, 5.74) is 0. The first kappa shape index (κ1) is 14.9. The first-order chi connectivity index (χ1) is 7.41. The minimum absolute atomic E-state index is 0.0318. The summed E-state index contributed by atoms with van der Waals surface area (Å²) in [6.45, 7) is 6.60. The van der Waals surface area contributed by atoms with Gasteiger partial charge < -0.3 is 15.7 Å². The number of aliphatic carboxylic acids is 1. The van der Waals surface area contributed by atoms with E-state index in [1.54, 1.807) is 6.92 Å². The minimum Gasteiger partial charge on any atom is -0.481 e. The van der Waals surface area contributed by atoms with Gasteiger partial charge in [0.05, 0.1) is 6.42 Å². The number of nitrogens with one attached hydrogen (secondary N) is 2. The third-order valence-corrected chi connectivity index (χ3v) is 2.02. The molecule has 0 saturated heterocycles. The van der Waals surface area contributed by atoms with Crippen LogP contribution in [0.3, 0.4) is 0 Å². The van der Waals surface area contributed by atoms with Crippen LogP contribution in [-0.4, -0.2) is 35.6 Å². The molecule has 16 heavy (non-hydrogen) atoms. The molecule has 0 bridgehead atoms. The van der Waals surface area contributed by atoms with E-state index >= 15 is 0 Å². The molecular weight excluding hydrogens is 208 g/mol. The molecular formula is C11H22N2O3. The molecule has 0 aromatic rings. The lowest BCUT2D eigenvalue weighted by Crippen LogP contribution is -2.34. The molecule has 94 valence electrons. The monoisotopic (exact) mass is 230 g/mol. The number of carbonyl (C=O) groups is 2. The van der Waals surface area contributed by atoms with Crippen LogP contribution in [0, 0.1) is 0 Å². The molecule has 0 aliphatic carbocycles. The van der Waals surface area contributed by atoms with Gasteiger partial charge in [0.15, 0.2) is 0 Å². The van der Waals surface area contributed by atoms with E-state index in [-0.39, 0.29) is 18.4 Å². The van der Waals surface area contributed by atoms with Gasteiger partial charge in [-0.2, -0.15) is 0 Å². The Balaban J connectivity index is 3.54. The van der Waals surface area contributed by atoms with Crippen LogP contribution >= 0.6 is 0 Å². The minimum atomic E-state index is -0.894. The maximum absolute atomic E-state index is 11.3. The van der Waals surface area contributed by atoms with E-state index in [4.69, 9.17) is 5.11 Å². The summed E-state index contributed by atoms with van der Waals surface area (Å²) in [5.74, 6) is -0.978. The Hall–Kier alpha value is -1.10. The van der Waals surface area contributed by atoms with Gasteiger partial charge in [0.25, 0.3) is 0 Å². The Labute approximate surface area is 96.6 Å².